The van der Waals surface area contributed by atoms with Crippen LogP contribution in [0.1, 0.15) is 33.7 Å². The van der Waals surface area contributed by atoms with Crippen molar-refractivity contribution in [3.05, 3.63) is 99.6 Å². The maximum Gasteiger partial charge on any atom is 0.417 e. The van der Waals surface area contributed by atoms with Crippen molar-refractivity contribution < 1.29 is 27.6 Å². The topological polar surface area (TPSA) is 54.5 Å². The fraction of sp³-hybridized carbons (Fsp3) is 0.192. The predicted octanol–water partition coefficient (Wildman–Crippen LogP) is 5.11. The highest BCUT2D eigenvalue weighted by Gasteiger charge is 2.68. The number of nitrogens with zero attached hydrogens (tertiary/aromatic N) is 1. The summed E-state index contributed by atoms with van der Waals surface area (Å²) < 4.78 is 40.5. The normalized spacial score (nSPS) is 26.8. The van der Waals surface area contributed by atoms with Crippen LogP contribution in [0.2, 0.25) is 5.02 Å². The van der Waals surface area contributed by atoms with Crippen LogP contribution < -0.4 is 4.90 Å². The predicted molar refractivity (Wildman–Crippen MR) is 117 cm³/mol. The SMILES string of the molecule is O=CC12c3ccccc3C(c3ccccc31)[C@@H]1C(=O)N(c3ccc(Cl)c(C(F)(F)F)c3)C(=O)[C@H]12. The van der Waals surface area contributed by atoms with Crippen LogP contribution in [0.15, 0.2) is 66.7 Å². The van der Waals surface area contributed by atoms with Crippen LogP contribution in [0.25, 0.3) is 0 Å². The summed E-state index contributed by atoms with van der Waals surface area (Å²) in [7, 11) is 0. The Morgan fingerprint density at radius 1 is 0.882 bits per heavy atom. The standard InChI is InChI=1S/C26H15ClF3NO3/c27-19-10-9-13(11-18(19)26(28,29)30)31-23(33)21-20-14-5-1-3-7-16(14)25(12-32,22(21)24(31)34)17-8-4-2-6-15(17)20/h1-12,20-22H/t20?,21-,22-,25?/m0/s1. The zero-order valence-electron chi connectivity index (χ0n) is 17.3. The van der Waals surface area contributed by atoms with Crippen molar-refractivity contribution in [2.45, 2.75) is 17.5 Å². The first-order chi connectivity index (χ1) is 16.2. The van der Waals surface area contributed by atoms with Gasteiger partial charge in [0, 0.05) is 5.92 Å². The summed E-state index contributed by atoms with van der Waals surface area (Å²) in [5, 5.41) is -0.531. The molecule has 2 atom stereocenters. The van der Waals surface area contributed by atoms with Gasteiger partial charge in [-0.3, -0.25) is 9.59 Å². The molecule has 0 radical (unpaired) electrons. The smallest absolute Gasteiger partial charge is 0.302 e. The van der Waals surface area contributed by atoms with Gasteiger partial charge in [0.15, 0.2) is 0 Å². The van der Waals surface area contributed by atoms with Crippen molar-refractivity contribution in [2.24, 2.45) is 11.8 Å². The third kappa shape index (κ3) is 2.42. The molecule has 1 fully saturated rings. The molecule has 0 spiro atoms. The molecule has 4 nitrogen and oxygen atoms in total. The molecule has 3 aromatic carbocycles. The van der Waals surface area contributed by atoms with Crippen molar-refractivity contribution in [1.29, 1.82) is 0 Å². The third-order valence-corrected chi connectivity index (χ3v) is 7.71. The Balaban J connectivity index is 1.59. The molecule has 170 valence electrons. The second-order valence-electron chi connectivity index (χ2n) is 8.82. The van der Waals surface area contributed by atoms with E-state index >= 15 is 0 Å². The first-order valence-electron chi connectivity index (χ1n) is 10.6. The summed E-state index contributed by atoms with van der Waals surface area (Å²) in [4.78, 5) is 41.2. The van der Waals surface area contributed by atoms with E-state index in [0.717, 1.165) is 28.4 Å². The summed E-state index contributed by atoms with van der Waals surface area (Å²) in [5.74, 6) is -3.77. The Labute approximate surface area is 196 Å². The number of rotatable bonds is 2. The van der Waals surface area contributed by atoms with E-state index < -0.39 is 51.7 Å². The zero-order valence-corrected chi connectivity index (χ0v) is 18.1. The number of benzene rings is 3. The fourth-order valence-electron chi connectivity index (χ4n) is 6.15. The molecule has 3 aliphatic carbocycles. The van der Waals surface area contributed by atoms with Gasteiger partial charge in [-0.05, 0) is 40.5 Å². The van der Waals surface area contributed by atoms with Crippen LogP contribution >= 0.6 is 11.6 Å². The minimum Gasteiger partial charge on any atom is -0.302 e. The van der Waals surface area contributed by atoms with Gasteiger partial charge in [0.2, 0.25) is 11.8 Å². The van der Waals surface area contributed by atoms with Crippen LogP contribution in [-0.4, -0.2) is 18.1 Å². The molecule has 0 unspecified atom stereocenters. The molecule has 1 heterocycles. The number of hydrogen-bond donors (Lipinski definition) is 0. The molecule has 2 amide bonds. The molecule has 0 saturated carbocycles. The van der Waals surface area contributed by atoms with Crippen molar-refractivity contribution >= 4 is 35.4 Å². The number of anilines is 1. The van der Waals surface area contributed by atoms with Crippen LogP contribution in [0.4, 0.5) is 18.9 Å². The summed E-state index contributed by atoms with van der Waals surface area (Å²) >= 11 is 5.75. The van der Waals surface area contributed by atoms with Gasteiger partial charge in [0.25, 0.3) is 0 Å². The molecule has 0 aromatic heterocycles. The fourth-order valence-corrected chi connectivity index (χ4v) is 6.38. The molecule has 3 aromatic rings. The van der Waals surface area contributed by atoms with Crippen LogP contribution in [0.5, 0.6) is 0 Å². The molecular formula is C26H15ClF3NO3. The van der Waals surface area contributed by atoms with Gasteiger partial charge in [-0.2, -0.15) is 13.2 Å². The highest BCUT2D eigenvalue weighted by molar-refractivity contribution is 6.32. The maximum absolute atomic E-state index is 13.8. The van der Waals surface area contributed by atoms with Crippen LogP contribution in [-0.2, 0) is 26.0 Å². The highest BCUT2D eigenvalue weighted by atomic mass is 35.5. The number of carbonyl (C=O) groups is 3. The number of hydrogen-bond acceptors (Lipinski definition) is 3. The summed E-state index contributed by atoms with van der Waals surface area (Å²) in [6.45, 7) is 0. The molecule has 1 saturated heterocycles. The number of aldehydes is 1. The molecule has 7 rings (SSSR count). The number of amides is 2. The summed E-state index contributed by atoms with van der Waals surface area (Å²) in [6, 6.07) is 17.4. The van der Waals surface area contributed by atoms with Gasteiger partial charge >= 0.3 is 6.18 Å². The zero-order chi connectivity index (χ0) is 24.0. The summed E-state index contributed by atoms with van der Waals surface area (Å²) in [6.07, 6.45) is -4.05. The van der Waals surface area contributed by atoms with Crippen molar-refractivity contribution in [2.75, 3.05) is 4.90 Å². The van der Waals surface area contributed by atoms with Crippen molar-refractivity contribution in [3.63, 3.8) is 0 Å². The third-order valence-electron chi connectivity index (χ3n) is 7.38. The second kappa shape index (κ2) is 6.79. The molecule has 2 bridgehead atoms. The van der Waals surface area contributed by atoms with E-state index in [2.05, 4.69) is 0 Å². The quantitative estimate of drug-likeness (QED) is 0.377. The number of imide groups is 1. The molecule has 8 heteroatoms. The average molecular weight is 482 g/mol. The lowest BCUT2D eigenvalue weighted by atomic mass is 9.48. The van der Waals surface area contributed by atoms with E-state index in [1.54, 1.807) is 24.3 Å². The van der Waals surface area contributed by atoms with Crippen LogP contribution in [0.3, 0.4) is 0 Å². The van der Waals surface area contributed by atoms with Crippen molar-refractivity contribution in [1.82, 2.24) is 0 Å². The Kier molecular flexibility index (Phi) is 4.22. The highest BCUT2D eigenvalue weighted by Crippen LogP contribution is 2.63. The Morgan fingerprint density at radius 2 is 1.47 bits per heavy atom. The van der Waals surface area contributed by atoms with Gasteiger partial charge in [0.05, 0.1) is 33.5 Å². The van der Waals surface area contributed by atoms with E-state index in [1.807, 2.05) is 24.3 Å². The van der Waals surface area contributed by atoms with Gasteiger partial charge < -0.3 is 4.79 Å². The minimum absolute atomic E-state index is 0.213. The molecular weight excluding hydrogens is 467 g/mol. The number of halogens is 4. The van der Waals surface area contributed by atoms with Gasteiger partial charge in [-0.1, -0.05) is 60.1 Å². The summed E-state index contributed by atoms with van der Waals surface area (Å²) in [5.41, 5.74) is 0.119. The molecule has 1 aliphatic heterocycles. The largest absolute Gasteiger partial charge is 0.417 e. The Hall–Kier alpha value is -3.45. The Morgan fingerprint density at radius 3 is 2.03 bits per heavy atom. The van der Waals surface area contributed by atoms with E-state index in [4.69, 9.17) is 11.6 Å². The Bertz CT molecular complexity index is 1370. The average Bonchev–Trinajstić information content (AvgIpc) is 3.09. The molecule has 0 N–H and O–H groups in total. The minimum atomic E-state index is -4.76. The lowest BCUT2D eigenvalue weighted by Gasteiger charge is -2.51. The number of alkyl halides is 3. The van der Waals surface area contributed by atoms with Crippen molar-refractivity contribution in [3.8, 4) is 0 Å². The van der Waals surface area contributed by atoms with Gasteiger partial charge in [-0.15, -0.1) is 0 Å². The first kappa shape index (κ1) is 21.1. The van der Waals surface area contributed by atoms with E-state index in [1.165, 1.54) is 6.07 Å². The lowest BCUT2D eigenvalue weighted by Crippen LogP contribution is -2.54. The van der Waals surface area contributed by atoms with Gasteiger partial charge in [-0.25, -0.2) is 4.90 Å². The lowest BCUT2D eigenvalue weighted by molar-refractivity contribution is -0.137. The van der Waals surface area contributed by atoms with Crippen LogP contribution in [0, 0.1) is 11.8 Å². The van der Waals surface area contributed by atoms with E-state index in [9.17, 15) is 27.6 Å². The number of carbonyl (C=O) groups excluding carboxylic acids is 3. The molecule has 34 heavy (non-hydrogen) atoms. The van der Waals surface area contributed by atoms with E-state index in [0.29, 0.717) is 17.2 Å². The monoisotopic (exact) mass is 481 g/mol. The first-order valence-corrected chi connectivity index (χ1v) is 11.0. The molecule has 4 aliphatic rings. The van der Waals surface area contributed by atoms with Gasteiger partial charge in [0.1, 0.15) is 6.29 Å². The van der Waals surface area contributed by atoms with E-state index in [-0.39, 0.29) is 5.69 Å². The second-order valence-corrected chi connectivity index (χ2v) is 9.22. The maximum atomic E-state index is 13.8.